The quantitative estimate of drug-likeness (QED) is 0.0133. The van der Waals surface area contributed by atoms with E-state index < -0.39 is 68.6 Å². The minimum absolute atomic E-state index is 0. The molecule has 0 fully saturated rings. The molecule has 4 atom stereocenters. The lowest BCUT2D eigenvalue weighted by Crippen LogP contribution is -3.00. The third-order valence-corrected chi connectivity index (χ3v) is 19.5. The first-order valence-electron chi connectivity index (χ1n) is 34.7. The maximum Gasteiger partial charge on any atom is 0.312 e. The Labute approximate surface area is 627 Å². The molecule has 23 nitrogen and oxygen atoms in total. The van der Waals surface area contributed by atoms with Gasteiger partial charge in [-0.3, -0.25) is 38.4 Å². The molecule has 0 radical (unpaired) electrons. The van der Waals surface area contributed by atoms with Crippen molar-refractivity contribution < 1.29 is 127 Å². The van der Waals surface area contributed by atoms with Crippen LogP contribution in [0.1, 0.15) is 161 Å². The molecule has 3 rings (SSSR count). The van der Waals surface area contributed by atoms with Crippen molar-refractivity contribution in [2.24, 2.45) is 32.5 Å². The van der Waals surface area contributed by atoms with E-state index >= 15 is 0 Å². The number of rotatable bonds is 43. The van der Waals surface area contributed by atoms with Crippen LogP contribution in [0, 0.1) is 32.5 Å². The minimum Gasteiger partial charge on any atom is -1.00 e. The molecule has 4 unspecified atom stereocenters. The van der Waals surface area contributed by atoms with E-state index in [0.29, 0.717) is 55.5 Å². The summed E-state index contributed by atoms with van der Waals surface area (Å²) in [6.45, 7) is 30.7. The standard InChI is InChI=1S/C25H30O4.2C18H32O7S.C15H32NO4.BrH/c1-5-25(2,3)24(26)29-13-12-28-23(27-4)15-18-10-11-21-16-19-8-6-7-9-20(19)17-22(21)14-18;2*1-7-17(2,3)16(22)25-11-13(19)10-24-14(20)8-9-26-12-18(4,5)15(21)23-6;1-8-15(2,3)14(17)20-12-11-19-13(18-7)9-10-16(4,5)6;/h6-11,14,16-17,23H,5,12-13,15H2,1-4H3;2*13,19H,7-12H2,1-6H3;13H,8-12H2,1-7H3;1H/q;;;+1;/p-1. The van der Waals surface area contributed by atoms with Crippen LogP contribution in [0.15, 0.2) is 54.6 Å². The van der Waals surface area contributed by atoms with Crippen LogP contribution in [0.4, 0.5) is 0 Å². The van der Waals surface area contributed by atoms with Gasteiger partial charge in [-0.15, -0.1) is 0 Å². The first-order valence-corrected chi connectivity index (χ1v) is 37.0. The van der Waals surface area contributed by atoms with Gasteiger partial charge in [-0.1, -0.05) is 70.2 Å². The van der Waals surface area contributed by atoms with Gasteiger partial charge in [0, 0.05) is 50.1 Å². The minimum atomic E-state index is -1.05. The highest BCUT2D eigenvalue weighted by Gasteiger charge is 2.33. The lowest BCUT2D eigenvalue weighted by Gasteiger charge is -2.26. The average molecular weight is 1550 g/mol. The van der Waals surface area contributed by atoms with Crippen molar-refractivity contribution in [3.8, 4) is 0 Å². The number of benzene rings is 3. The molecule has 0 aromatic heterocycles. The summed E-state index contributed by atoms with van der Waals surface area (Å²) in [6.07, 6.45) is 1.79. The molecule has 0 aliphatic carbocycles. The van der Waals surface area contributed by atoms with Gasteiger partial charge in [0.1, 0.15) is 51.8 Å². The lowest BCUT2D eigenvalue weighted by atomic mass is 9.91. The Balaban J connectivity index is 0. The molecule has 586 valence electrons. The first-order chi connectivity index (χ1) is 47.0. The number of carbonyl (C=O) groups excluding carboxylic acids is 8. The van der Waals surface area contributed by atoms with Crippen LogP contribution in [-0.4, -0.2) is 219 Å². The van der Waals surface area contributed by atoms with Crippen LogP contribution < -0.4 is 17.0 Å². The molecule has 0 bridgehead atoms. The molecule has 0 heterocycles. The van der Waals surface area contributed by atoms with Crippen molar-refractivity contribution in [1.29, 1.82) is 0 Å². The number of fused-ring (bicyclic) bond motifs is 2. The number of esters is 8. The molecule has 0 aliphatic heterocycles. The van der Waals surface area contributed by atoms with E-state index in [1.165, 1.54) is 59.3 Å². The number of quaternary nitrogens is 1. The van der Waals surface area contributed by atoms with Crippen molar-refractivity contribution in [1.82, 2.24) is 0 Å². The molecule has 0 saturated heterocycles. The van der Waals surface area contributed by atoms with E-state index in [2.05, 4.69) is 75.7 Å². The SMILES string of the molecule is CCC(C)(C)C(=O)OCC(O)COC(=O)CCSCC(C)(C)C(=O)OC.CCC(C)(C)C(=O)OCC(O)COC(=O)CCSCC(C)(C)C(=O)OC.CCC(C)(C)C(=O)OCCOC(CC[N+](C)(C)C)OC.CCC(C)(C)C(=O)OCCOC(Cc1ccc2cc3ccccc3cc2c1)OC.[Br-]. The zero-order valence-electron chi connectivity index (χ0n) is 65.6. The maximum absolute atomic E-state index is 12.0. The van der Waals surface area contributed by atoms with Crippen LogP contribution in [0.5, 0.6) is 0 Å². The average Bonchev–Trinajstić information content (AvgIpc) is 0.798. The number of hydrogen-bond acceptors (Lipinski definition) is 24. The first kappa shape index (κ1) is 98.9. The summed E-state index contributed by atoms with van der Waals surface area (Å²) in [7, 11) is 12.3. The summed E-state index contributed by atoms with van der Waals surface area (Å²) in [5, 5.41) is 24.4. The summed E-state index contributed by atoms with van der Waals surface area (Å²) in [4.78, 5) is 93.7. The van der Waals surface area contributed by atoms with Crippen LogP contribution in [0.2, 0.25) is 0 Å². The summed E-state index contributed by atoms with van der Waals surface area (Å²) < 4.78 is 62.9. The number of hydrogen-bond donors (Lipinski definition) is 2. The molecule has 0 aliphatic rings. The predicted molar refractivity (Wildman–Crippen MR) is 396 cm³/mol. The molecule has 3 aromatic carbocycles. The highest BCUT2D eigenvalue weighted by atomic mass is 79.9. The fraction of sp³-hybridized carbons (Fsp3) is 0.711. The largest absolute Gasteiger partial charge is 1.00 e. The Bertz CT molecular complexity index is 2880. The normalized spacial score (nSPS) is 13.1. The third-order valence-electron chi connectivity index (χ3n) is 16.7. The summed E-state index contributed by atoms with van der Waals surface area (Å²) in [5.41, 5.74) is -2.19. The molecule has 3 aromatic rings. The lowest BCUT2D eigenvalue weighted by molar-refractivity contribution is -0.871. The fourth-order valence-corrected chi connectivity index (χ4v) is 10.0. The number of aliphatic hydroxyl groups is 2. The predicted octanol–water partition coefficient (Wildman–Crippen LogP) is 8.94. The van der Waals surface area contributed by atoms with E-state index in [-0.39, 0.29) is 106 Å². The Kier molecular flexibility index (Phi) is 48.1. The van der Waals surface area contributed by atoms with E-state index in [9.17, 15) is 48.6 Å². The van der Waals surface area contributed by atoms with Crippen molar-refractivity contribution >= 4 is 92.8 Å². The Morgan fingerprint density at radius 1 is 0.431 bits per heavy atom. The number of nitrogens with zero attached hydrogens (tertiary/aromatic N) is 1. The van der Waals surface area contributed by atoms with Gasteiger partial charge in [0.25, 0.3) is 0 Å². The molecule has 26 heteroatoms. The van der Waals surface area contributed by atoms with E-state index in [4.69, 9.17) is 56.8 Å². The smallest absolute Gasteiger partial charge is 0.312 e. The Morgan fingerprint density at radius 3 is 1.13 bits per heavy atom. The number of carbonyl (C=O) groups is 8. The zero-order chi connectivity index (χ0) is 77.4. The second kappa shape index (κ2) is 49.6. The Hall–Kier alpha value is -5.16. The topological polar surface area (TPSA) is 288 Å². The van der Waals surface area contributed by atoms with Crippen molar-refractivity contribution in [3.63, 3.8) is 0 Å². The molecule has 0 amide bonds. The molecular formula is C76H126BrNO22S2. The number of halogens is 1. The molecule has 2 N–H and O–H groups in total. The van der Waals surface area contributed by atoms with Crippen molar-refractivity contribution in [3.05, 3.63) is 60.2 Å². The van der Waals surface area contributed by atoms with Gasteiger partial charge >= 0.3 is 47.8 Å². The van der Waals surface area contributed by atoms with Gasteiger partial charge in [0.2, 0.25) is 0 Å². The summed E-state index contributed by atoms with van der Waals surface area (Å²) in [5.74, 6) is -0.608. The highest BCUT2D eigenvalue weighted by molar-refractivity contribution is 7.99. The zero-order valence-corrected chi connectivity index (χ0v) is 68.8. The summed E-state index contributed by atoms with van der Waals surface area (Å²) in [6, 6.07) is 19.2. The van der Waals surface area contributed by atoms with Gasteiger partial charge < -0.3 is 88.5 Å². The molecule has 0 saturated carbocycles. The number of ether oxygens (including phenoxy) is 12. The molecule has 102 heavy (non-hydrogen) atoms. The number of methoxy groups -OCH3 is 4. The number of thioether (sulfide) groups is 2. The van der Waals surface area contributed by atoms with E-state index in [1.54, 1.807) is 69.6 Å². The third kappa shape index (κ3) is 40.9. The van der Waals surface area contributed by atoms with E-state index in [0.717, 1.165) is 35.9 Å². The highest BCUT2D eigenvalue weighted by Crippen LogP contribution is 2.29. The van der Waals surface area contributed by atoms with E-state index in [1.807, 2.05) is 55.4 Å². The maximum atomic E-state index is 12.0. The fourth-order valence-electron chi connectivity index (χ4n) is 7.87. The van der Waals surface area contributed by atoms with Crippen molar-refractivity contribution in [2.45, 2.75) is 187 Å². The van der Waals surface area contributed by atoms with Crippen molar-refractivity contribution in [2.75, 3.05) is 132 Å². The van der Waals surface area contributed by atoms with Gasteiger partial charge in [-0.05, 0) is 148 Å². The second-order valence-electron chi connectivity index (χ2n) is 29.4. The van der Waals surface area contributed by atoms with Gasteiger partial charge in [0.15, 0.2) is 12.6 Å². The van der Waals surface area contributed by atoms with Gasteiger partial charge in [-0.25, -0.2) is 0 Å². The Morgan fingerprint density at radius 2 is 0.775 bits per heavy atom. The monoisotopic (exact) mass is 1550 g/mol. The summed E-state index contributed by atoms with van der Waals surface area (Å²) >= 11 is 2.90. The molecular weight excluding hydrogens is 1420 g/mol. The van der Waals surface area contributed by atoms with Crippen LogP contribution in [0.3, 0.4) is 0 Å². The molecule has 0 spiro atoms. The van der Waals surface area contributed by atoms with Crippen LogP contribution in [-0.2, 0) is 102 Å². The van der Waals surface area contributed by atoms with Crippen LogP contribution in [0.25, 0.3) is 21.5 Å². The second-order valence-corrected chi connectivity index (χ2v) is 31.6. The van der Waals surface area contributed by atoms with Gasteiger partial charge in [-0.2, -0.15) is 23.5 Å². The number of aliphatic hydroxyl groups excluding tert-OH is 2. The van der Waals surface area contributed by atoms with Crippen LogP contribution >= 0.6 is 23.5 Å². The van der Waals surface area contributed by atoms with Gasteiger partial charge in [0.05, 0.1) is 100 Å².